The molecule has 0 aromatic rings. The molecule has 0 aromatic heterocycles. The Hall–Kier alpha value is 7.02. The molecule has 1 heterocycles. The molecule has 0 unspecified atom stereocenters. The Balaban J connectivity index is -0.0000000844. The Morgan fingerprint density at radius 3 is 0.850 bits per heavy atom. The first kappa shape index (κ1) is 37.7. The number of hydrogen-bond acceptors (Lipinski definition) is 12. The molecule has 12 nitrogen and oxygen atoms in total. The number of phosphoric acid groups is 3. The van der Waals surface area contributed by atoms with E-state index in [4.69, 9.17) is 14.4 Å². The van der Waals surface area contributed by atoms with Gasteiger partial charge in [-0.05, 0) is 0 Å². The summed E-state index contributed by atoms with van der Waals surface area (Å²) >= 11 is 0. The van der Waals surface area contributed by atoms with E-state index >= 15 is 0 Å². The van der Waals surface area contributed by atoms with Crippen LogP contribution in [0.5, 0.6) is 0 Å². The minimum atomic E-state index is -5.36. The van der Waals surface area contributed by atoms with Gasteiger partial charge in [0, 0.05) is 0 Å². The third kappa shape index (κ3) is 23.1. The molecule has 1 saturated heterocycles. The molecule has 0 radical (unpaired) electrons. The van der Waals surface area contributed by atoms with Crippen LogP contribution in [0.15, 0.2) is 0 Å². The summed E-state index contributed by atoms with van der Waals surface area (Å²) in [7, 11) is -19.4. The van der Waals surface area contributed by atoms with Gasteiger partial charge in [-0.25, -0.2) is 12.9 Å². The van der Waals surface area contributed by atoms with Crippen molar-refractivity contribution in [3.63, 3.8) is 0 Å². The third-order valence-electron chi connectivity index (χ3n) is 0.600. The van der Waals surface area contributed by atoms with Gasteiger partial charge in [-0.1, -0.05) is 4.57 Å². The van der Waals surface area contributed by atoms with Gasteiger partial charge in [-0.15, -0.1) is 0 Å². The molecule has 20 heteroatoms. The Morgan fingerprint density at radius 1 is 0.650 bits per heavy atom. The Kier molecular flexibility index (Phi) is 31.9. The van der Waals surface area contributed by atoms with Crippen molar-refractivity contribution in [2.75, 3.05) is 0 Å². The average molecular weight is 472 g/mol. The van der Waals surface area contributed by atoms with Crippen molar-refractivity contribution in [1.29, 1.82) is 0 Å². The van der Waals surface area contributed by atoms with Crippen LogP contribution in [0.2, 0.25) is 0 Å². The van der Waals surface area contributed by atoms with Crippen molar-refractivity contribution in [2.45, 2.75) is 0 Å². The van der Waals surface area contributed by atoms with Crippen LogP contribution in [0.4, 0.5) is 0 Å². The predicted octanol–water partition coefficient (Wildman–Crippen LogP) is -15.2. The summed E-state index contributed by atoms with van der Waals surface area (Å²) in [5, 5.41) is 0. The molecule has 1 aliphatic heterocycles. The second-order valence-corrected chi connectivity index (χ2v) is 6.90. The fourth-order valence-electron chi connectivity index (χ4n) is 0.412. The van der Waals surface area contributed by atoms with Gasteiger partial charge >= 0.3 is 206 Å². The quantitative estimate of drug-likeness (QED) is 0.238. The summed E-state index contributed by atoms with van der Waals surface area (Å²) in [5.74, 6) is 0. The fourth-order valence-corrected chi connectivity index (χ4v) is 4.51. The van der Waals surface area contributed by atoms with E-state index in [-0.39, 0.29) is 206 Å². The van der Waals surface area contributed by atoms with Crippen LogP contribution < -0.4 is 230 Å². The van der Waals surface area contributed by atoms with E-state index < -0.39 is 31.7 Å². The maximum atomic E-state index is 10.2. The molecule has 0 aliphatic carbocycles. The first-order chi connectivity index (χ1) is 6.85. The van der Waals surface area contributed by atoms with Gasteiger partial charge in [-0.2, -0.15) is 0 Å². The first-order valence-corrected chi connectivity index (χ1v) is 8.22. The van der Waals surface area contributed by atoms with E-state index in [1.165, 1.54) is 0 Å². The van der Waals surface area contributed by atoms with Crippen molar-refractivity contribution in [3.8, 4) is 0 Å². The largest absolute Gasteiger partial charge is 1.00 e. The SMILES string of the molecule is O=P1([O-])OP(=O)([O-])OP(=O)([O-])O1.O=[P+]([O-])[O-].[K+].[K+].[K+].[K+]. The molecule has 1 fully saturated rings. The molecule has 0 bridgehead atoms. The van der Waals surface area contributed by atoms with Gasteiger partial charge in [0.2, 0.25) is 0 Å². The molecular weight excluding hydrogens is 472 g/mol. The zero-order valence-electron chi connectivity index (χ0n) is 10.7. The predicted molar refractivity (Wildman–Crippen MR) is 33.7 cm³/mol. The molecule has 0 atom stereocenters. The fraction of sp³-hybridized carbons (Fsp3) is 0. The van der Waals surface area contributed by atoms with Crippen LogP contribution in [0.25, 0.3) is 0 Å². The molecule has 20 heavy (non-hydrogen) atoms. The van der Waals surface area contributed by atoms with Gasteiger partial charge in [0.05, 0.1) is 0 Å². The zero-order valence-corrected chi connectivity index (χ0v) is 26.8. The van der Waals surface area contributed by atoms with Crippen LogP contribution >= 0.6 is 31.7 Å². The van der Waals surface area contributed by atoms with Crippen molar-refractivity contribution >= 4 is 31.7 Å². The first-order valence-electron chi connectivity index (χ1n) is 2.74. The molecule has 0 spiro atoms. The molecule has 0 N–H and O–H groups in total. The van der Waals surface area contributed by atoms with E-state index in [2.05, 4.69) is 12.9 Å². The van der Waals surface area contributed by atoms with Crippen molar-refractivity contribution in [3.05, 3.63) is 0 Å². The maximum Gasteiger partial charge on any atom is 1.00 e. The molecule has 96 valence electrons. The van der Waals surface area contributed by atoms with Gasteiger partial charge in [0.25, 0.3) is 31.7 Å². The van der Waals surface area contributed by atoms with Gasteiger partial charge < -0.3 is 24.5 Å². The summed E-state index contributed by atoms with van der Waals surface area (Å²) in [4.78, 5) is 47.7. The summed E-state index contributed by atoms with van der Waals surface area (Å²) < 4.78 is 48.7. The third-order valence-corrected chi connectivity index (χ3v) is 5.40. The van der Waals surface area contributed by atoms with E-state index in [1.807, 2.05) is 0 Å². The summed E-state index contributed by atoms with van der Waals surface area (Å²) in [6.07, 6.45) is 0. The van der Waals surface area contributed by atoms with Crippen LogP contribution in [0, 0.1) is 0 Å². The second-order valence-electron chi connectivity index (χ2n) is 1.81. The van der Waals surface area contributed by atoms with E-state index in [0.717, 1.165) is 0 Å². The van der Waals surface area contributed by atoms with Crippen LogP contribution in [-0.4, -0.2) is 0 Å². The summed E-state index contributed by atoms with van der Waals surface area (Å²) in [6.45, 7) is 0. The molecule has 1 rings (SSSR count). The summed E-state index contributed by atoms with van der Waals surface area (Å²) in [6, 6.07) is 0. The Bertz CT molecular complexity index is 343. The minimum Gasteiger partial charge on any atom is -0.756 e. The molecule has 0 saturated carbocycles. The number of hydrogen-bond donors (Lipinski definition) is 0. The summed E-state index contributed by atoms with van der Waals surface area (Å²) in [5.41, 5.74) is 0. The van der Waals surface area contributed by atoms with E-state index in [9.17, 15) is 28.4 Å². The van der Waals surface area contributed by atoms with Crippen molar-refractivity contribution in [1.82, 2.24) is 0 Å². The Morgan fingerprint density at radius 2 is 0.750 bits per heavy atom. The molecule has 0 aromatic carbocycles. The van der Waals surface area contributed by atoms with Crippen LogP contribution in [0.1, 0.15) is 0 Å². The Labute approximate surface area is 284 Å². The van der Waals surface area contributed by atoms with Crippen molar-refractivity contribution < 1.29 is 261 Å². The molecule has 1 aliphatic rings. The van der Waals surface area contributed by atoms with E-state index in [1.54, 1.807) is 0 Å². The maximum absolute atomic E-state index is 10.2. The van der Waals surface area contributed by atoms with Gasteiger partial charge in [0.15, 0.2) is 0 Å². The van der Waals surface area contributed by atoms with Crippen molar-refractivity contribution in [2.24, 2.45) is 0 Å². The van der Waals surface area contributed by atoms with Crippen LogP contribution in [0.3, 0.4) is 0 Å². The second kappa shape index (κ2) is 16.9. The average Bonchev–Trinajstić information content (AvgIpc) is 1.69. The van der Waals surface area contributed by atoms with E-state index in [0.29, 0.717) is 0 Å². The molecular formula is K4O12P4. The number of rotatable bonds is 0. The molecule has 0 amide bonds. The topological polar surface area (TPSA) is 211 Å². The minimum absolute atomic E-state index is 0. The zero-order chi connectivity index (χ0) is 13.2. The standard InChI is InChI=1S/4K.H3O9P3.HO3P/c;;;;1-10(2)7-11(3,4)9-12(5,6)8-10;1-4(2)3/h;;;;(H,1,2)(H,3,4)(H,5,6);(H,1,2,3)/q4*+1;;/p-4. The normalized spacial score (nSPS) is 34.5. The van der Waals surface area contributed by atoms with Gasteiger partial charge in [-0.3, -0.25) is 13.7 Å². The smallest absolute Gasteiger partial charge is 0.756 e. The monoisotopic (exact) mass is 472 g/mol. The van der Waals surface area contributed by atoms with Gasteiger partial charge in [0.1, 0.15) is 0 Å². The van der Waals surface area contributed by atoms with Crippen LogP contribution in [-0.2, 0) is 31.2 Å².